The average molecular weight is 356 g/mol. The molecule has 0 aromatic heterocycles. The molecule has 0 bridgehead atoms. The van der Waals surface area contributed by atoms with Gasteiger partial charge in [-0.15, -0.1) is 0 Å². The van der Waals surface area contributed by atoms with Crippen molar-refractivity contribution in [3.05, 3.63) is 24.8 Å². The molecule has 0 aliphatic carbocycles. The highest BCUT2D eigenvalue weighted by molar-refractivity contribution is 5.61. The Morgan fingerprint density at radius 3 is 1.64 bits per heavy atom. The van der Waals surface area contributed by atoms with Crippen LogP contribution in [0.25, 0.3) is 0 Å². The molecule has 2 atom stereocenters. The van der Waals surface area contributed by atoms with Crippen molar-refractivity contribution in [2.45, 2.75) is 84.7 Å². The summed E-state index contributed by atoms with van der Waals surface area (Å²) in [6.45, 7) is 16.1. The summed E-state index contributed by atoms with van der Waals surface area (Å²) in [5.74, 6) is 0. The summed E-state index contributed by atoms with van der Waals surface area (Å²) >= 11 is 0. The maximum atomic E-state index is 11.8. The van der Waals surface area contributed by atoms with Gasteiger partial charge in [0.1, 0.15) is 23.4 Å². The van der Waals surface area contributed by atoms with E-state index in [1.807, 2.05) is 6.92 Å². The van der Waals surface area contributed by atoms with E-state index in [2.05, 4.69) is 6.58 Å². The van der Waals surface area contributed by atoms with Crippen molar-refractivity contribution < 1.29 is 28.5 Å². The molecule has 2 unspecified atom stereocenters. The van der Waals surface area contributed by atoms with Gasteiger partial charge in [0.15, 0.2) is 0 Å². The summed E-state index contributed by atoms with van der Waals surface area (Å²) in [7, 11) is 0. The standard InChI is InChI=1S/C19H32O6/c1-9-11-15(23-17(21)25-19(6,7)8)13-12-14(10-2)22-16(20)24-18(3,4)5/h9-11,14-15H,2,12-13H2,1,3-8H3/b11-9-. The summed E-state index contributed by atoms with van der Waals surface area (Å²) in [6, 6.07) is 0. The Morgan fingerprint density at radius 1 is 0.880 bits per heavy atom. The Hall–Kier alpha value is -1.98. The lowest BCUT2D eigenvalue weighted by Gasteiger charge is -2.23. The summed E-state index contributed by atoms with van der Waals surface area (Å²) in [5.41, 5.74) is -1.25. The van der Waals surface area contributed by atoms with E-state index in [0.717, 1.165) is 0 Å². The fourth-order valence-corrected chi connectivity index (χ4v) is 1.76. The van der Waals surface area contributed by atoms with Crippen LogP contribution in [0.2, 0.25) is 0 Å². The molecule has 0 fully saturated rings. The lowest BCUT2D eigenvalue weighted by Crippen LogP contribution is -2.29. The van der Waals surface area contributed by atoms with Crippen LogP contribution in [-0.2, 0) is 18.9 Å². The number of hydrogen-bond acceptors (Lipinski definition) is 6. The minimum atomic E-state index is -0.756. The third kappa shape index (κ3) is 13.0. The van der Waals surface area contributed by atoms with Crippen LogP contribution in [0.1, 0.15) is 61.3 Å². The summed E-state index contributed by atoms with van der Waals surface area (Å²) in [4.78, 5) is 23.5. The molecule has 0 saturated heterocycles. The molecule has 0 heterocycles. The van der Waals surface area contributed by atoms with E-state index in [4.69, 9.17) is 18.9 Å². The molecule has 6 heteroatoms. The van der Waals surface area contributed by atoms with Gasteiger partial charge in [0.05, 0.1) is 0 Å². The lowest BCUT2D eigenvalue weighted by atomic mass is 10.1. The number of carbonyl (C=O) groups excluding carboxylic acids is 2. The van der Waals surface area contributed by atoms with E-state index in [1.54, 1.807) is 53.7 Å². The molecule has 0 rings (SSSR count). The highest BCUT2D eigenvalue weighted by Crippen LogP contribution is 2.16. The molecule has 0 saturated carbocycles. The molecule has 0 amide bonds. The first-order valence-corrected chi connectivity index (χ1v) is 8.41. The molecule has 25 heavy (non-hydrogen) atoms. The van der Waals surface area contributed by atoms with Crippen LogP contribution in [0.3, 0.4) is 0 Å². The van der Waals surface area contributed by atoms with Gasteiger partial charge in [-0.2, -0.15) is 0 Å². The molecule has 0 aliphatic rings. The zero-order chi connectivity index (χ0) is 19.7. The van der Waals surface area contributed by atoms with Crippen LogP contribution in [-0.4, -0.2) is 35.7 Å². The second-order valence-corrected chi connectivity index (χ2v) is 7.58. The average Bonchev–Trinajstić information content (AvgIpc) is 2.39. The molecule has 0 aromatic rings. The van der Waals surface area contributed by atoms with Crippen molar-refractivity contribution in [1.29, 1.82) is 0 Å². The molecule has 144 valence electrons. The van der Waals surface area contributed by atoms with Crippen molar-refractivity contribution in [1.82, 2.24) is 0 Å². The Morgan fingerprint density at radius 2 is 1.28 bits per heavy atom. The van der Waals surface area contributed by atoms with E-state index in [9.17, 15) is 9.59 Å². The first-order valence-electron chi connectivity index (χ1n) is 8.41. The highest BCUT2D eigenvalue weighted by Gasteiger charge is 2.23. The van der Waals surface area contributed by atoms with Crippen molar-refractivity contribution in [3.8, 4) is 0 Å². The van der Waals surface area contributed by atoms with E-state index in [-0.39, 0.29) is 0 Å². The van der Waals surface area contributed by atoms with Crippen LogP contribution >= 0.6 is 0 Å². The van der Waals surface area contributed by atoms with E-state index < -0.39 is 35.7 Å². The lowest BCUT2D eigenvalue weighted by molar-refractivity contribution is -0.0300. The molecule has 0 N–H and O–H groups in total. The second-order valence-electron chi connectivity index (χ2n) is 7.58. The van der Waals surface area contributed by atoms with Crippen LogP contribution in [0.15, 0.2) is 24.8 Å². The van der Waals surface area contributed by atoms with Gasteiger partial charge in [0, 0.05) is 0 Å². The zero-order valence-electron chi connectivity index (χ0n) is 16.5. The molecular weight excluding hydrogens is 324 g/mol. The smallest absolute Gasteiger partial charge is 0.429 e. The number of hydrogen-bond donors (Lipinski definition) is 0. The SMILES string of the molecule is C=CC(CCC(/C=C\C)OC(=O)OC(C)(C)C)OC(=O)OC(C)(C)C. The van der Waals surface area contributed by atoms with Crippen molar-refractivity contribution in [2.24, 2.45) is 0 Å². The van der Waals surface area contributed by atoms with E-state index in [1.165, 1.54) is 6.08 Å². The van der Waals surface area contributed by atoms with Gasteiger partial charge in [0.25, 0.3) is 0 Å². The molecule has 0 aliphatic heterocycles. The zero-order valence-corrected chi connectivity index (χ0v) is 16.5. The van der Waals surface area contributed by atoms with Crippen LogP contribution in [0, 0.1) is 0 Å². The van der Waals surface area contributed by atoms with Gasteiger partial charge in [0.2, 0.25) is 0 Å². The third-order valence-electron chi connectivity index (χ3n) is 2.68. The van der Waals surface area contributed by atoms with E-state index in [0.29, 0.717) is 12.8 Å². The van der Waals surface area contributed by atoms with Crippen LogP contribution in [0.5, 0.6) is 0 Å². The molecular formula is C19H32O6. The van der Waals surface area contributed by atoms with Gasteiger partial charge in [-0.1, -0.05) is 18.7 Å². The third-order valence-corrected chi connectivity index (χ3v) is 2.68. The first kappa shape index (κ1) is 23.0. The molecule has 0 aromatic carbocycles. The normalized spacial score (nSPS) is 14.5. The summed E-state index contributed by atoms with van der Waals surface area (Å²) in [5, 5.41) is 0. The predicted octanol–water partition coefficient (Wildman–Crippen LogP) is 5.17. The maximum Gasteiger partial charge on any atom is 0.509 e. The van der Waals surface area contributed by atoms with Crippen molar-refractivity contribution in [3.63, 3.8) is 0 Å². The Balaban J connectivity index is 4.58. The van der Waals surface area contributed by atoms with Crippen molar-refractivity contribution in [2.75, 3.05) is 0 Å². The number of allylic oxidation sites excluding steroid dienone is 1. The molecule has 0 radical (unpaired) electrons. The van der Waals surface area contributed by atoms with Crippen molar-refractivity contribution >= 4 is 12.3 Å². The summed E-state index contributed by atoms with van der Waals surface area (Å²) in [6.07, 6.45) is 3.42. The minimum absolute atomic E-state index is 0.431. The number of carbonyl (C=O) groups is 2. The first-order chi connectivity index (χ1) is 11.4. The van der Waals surface area contributed by atoms with Gasteiger partial charge < -0.3 is 18.9 Å². The summed E-state index contributed by atoms with van der Waals surface area (Å²) < 4.78 is 20.8. The fraction of sp³-hybridized carbons (Fsp3) is 0.684. The Kier molecular flexibility index (Phi) is 9.31. The van der Waals surface area contributed by atoms with Gasteiger partial charge in [-0.3, -0.25) is 0 Å². The predicted molar refractivity (Wildman–Crippen MR) is 96.5 cm³/mol. The van der Waals surface area contributed by atoms with Crippen LogP contribution < -0.4 is 0 Å². The Labute approximate surface area is 151 Å². The minimum Gasteiger partial charge on any atom is -0.429 e. The fourth-order valence-electron chi connectivity index (χ4n) is 1.76. The highest BCUT2D eigenvalue weighted by atomic mass is 16.7. The number of ether oxygens (including phenoxy) is 4. The Bertz CT molecular complexity index is 467. The largest absolute Gasteiger partial charge is 0.509 e. The second kappa shape index (κ2) is 10.1. The van der Waals surface area contributed by atoms with Gasteiger partial charge >= 0.3 is 12.3 Å². The number of rotatable bonds is 7. The monoisotopic (exact) mass is 356 g/mol. The van der Waals surface area contributed by atoms with Crippen LogP contribution in [0.4, 0.5) is 9.59 Å². The van der Waals surface area contributed by atoms with Gasteiger partial charge in [-0.25, -0.2) is 9.59 Å². The van der Waals surface area contributed by atoms with Gasteiger partial charge in [-0.05, 0) is 67.4 Å². The topological polar surface area (TPSA) is 71.1 Å². The van der Waals surface area contributed by atoms with E-state index >= 15 is 0 Å². The molecule has 6 nitrogen and oxygen atoms in total. The maximum absolute atomic E-state index is 11.8. The molecule has 0 spiro atoms. The quantitative estimate of drug-likeness (QED) is 0.463.